The van der Waals surface area contributed by atoms with Crippen LogP contribution in [-0.2, 0) is 20.1 Å². The molecule has 2 aliphatic rings. The van der Waals surface area contributed by atoms with Crippen LogP contribution in [0.25, 0.3) is 0 Å². The molecule has 1 aliphatic heterocycles. The monoisotopic (exact) mass is 316 g/mol. The smallest absolute Gasteiger partial charge is 0.229 e. The molecule has 0 radical (unpaired) electrons. The van der Waals surface area contributed by atoms with Crippen molar-refractivity contribution >= 4 is 0 Å². The van der Waals surface area contributed by atoms with Gasteiger partial charge in [0.2, 0.25) is 5.89 Å². The third-order valence-electron chi connectivity index (χ3n) is 4.63. The van der Waals surface area contributed by atoms with Gasteiger partial charge in [-0.25, -0.2) is 0 Å². The summed E-state index contributed by atoms with van der Waals surface area (Å²) in [6.07, 6.45) is 8.81. The van der Waals surface area contributed by atoms with Gasteiger partial charge >= 0.3 is 0 Å². The molecule has 2 aromatic heterocycles. The van der Waals surface area contributed by atoms with Gasteiger partial charge in [0.1, 0.15) is 0 Å². The van der Waals surface area contributed by atoms with Crippen LogP contribution >= 0.6 is 0 Å². The predicted octanol–water partition coefficient (Wildman–Crippen LogP) is 1.43. The van der Waals surface area contributed by atoms with Crippen LogP contribution in [0.5, 0.6) is 0 Å². The first kappa shape index (κ1) is 14.8. The summed E-state index contributed by atoms with van der Waals surface area (Å²) >= 11 is 0. The van der Waals surface area contributed by atoms with E-state index in [2.05, 4.69) is 31.7 Å². The molecule has 0 spiro atoms. The second-order valence-electron chi connectivity index (χ2n) is 6.80. The van der Waals surface area contributed by atoms with Gasteiger partial charge in [-0.05, 0) is 32.2 Å². The van der Waals surface area contributed by atoms with Gasteiger partial charge < -0.3 is 9.84 Å². The maximum atomic E-state index is 5.35. The first-order chi connectivity index (χ1) is 11.3. The third-order valence-corrected chi connectivity index (χ3v) is 4.63. The Kier molecular flexibility index (Phi) is 4.13. The highest BCUT2D eigenvalue weighted by Crippen LogP contribution is 2.38. The Hall–Kier alpha value is -1.73. The normalized spacial score (nSPS) is 22.6. The van der Waals surface area contributed by atoms with E-state index in [-0.39, 0.29) is 0 Å². The minimum absolute atomic E-state index is 0.513. The van der Waals surface area contributed by atoms with Gasteiger partial charge in [0.25, 0.3) is 0 Å². The summed E-state index contributed by atoms with van der Waals surface area (Å²) in [6.45, 7) is 3.81. The van der Waals surface area contributed by atoms with Crippen LogP contribution in [-0.4, -0.2) is 44.0 Å². The Balaban J connectivity index is 1.27. The van der Waals surface area contributed by atoms with Crippen LogP contribution in [0, 0.1) is 0 Å². The molecule has 3 heterocycles. The highest BCUT2D eigenvalue weighted by Gasteiger charge is 2.30. The van der Waals surface area contributed by atoms with Crippen molar-refractivity contribution in [2.45, 2.75) is 50.7 Å². The van der Waals surface area contributed by atoms with Gasteiger partial charge in [-0.3, -0.25) is 9.58 Å². The molecule has 0 amide bonds. The number of rotatable bonds is 6. The van der Waals surface area contributed by atoms with Gasteiger partial charge in [0, 0.05) is 43.9 Å². The van der Waals surface area contributed by atoms with Crippen LogP contribution in [0.3, 0.4) is 0 Å². The fourth-order valence-electron chi connectivity index (χ4n) is 3.22. The molecule has 1 saturated heterocycles. The molecule has 0 aromatic carbocycles. The van der Waals surface area contributed by atoms with Crippen molar-refractivity contribution in [2.75, 3.05) is 13.1 Å². The Morgan fingerprint density at radius 3 is 3.04 bits per heavy atom. The molecule has 7 nitrogen and oxygen atoms in total. The van der Waals surface area contributed by atoms with E-state index >= 15 is 0 Å². The van der Waals surface area contributed by atoms with Crippen LogP contribution < -0.4 is 5.32 Å². The third kappa shape index (κ3) is 3.79. The minimum Gasteiger partial charge on any atom is -0.339 e. The maximum Gasteiger partial charge on any atom is 0.229 e. The number of hydrogen-bond donors (Lipinski definition) is 1. The second-order valence-corrected chi connectivity index (χ2v) is 6.80. The van der Waals surface area contributed by atoms with Gasteiger partial charge in [-0.1, -0.05) is 5.16 Å². The molecule has 2 fully saturated rings. The summed E-state index contributed by atoms with van der Waals surface area (Å²) in [5.41, 5.74) is 1.23. The number of aromatic nitrogens is 4. The summed E-state index contributed by atoms with van der Waals surface area (Å²) in [5.74, 6) is 2.20. The van der Waals surface area contributed by atoms with Gasteiger partial charge in [0.05, 0.1) is 12.7 Å². The number of piperidine rings is 1. The Morgan fingerprint density at radius 1 is 1.35 bits per heavy atom. The lowest BCUT2D eigenvalue weighted by Gasteiger charge is -2.32. The van der Waals surface area contributed by atoms with Crippen molar-refractivity contribution in [3.8, 4) is 0 Å². The molecule has 1 aliphatic carbocycles. The van der Waals surface area contributed by atoms with Gasteiger partial charge in [-0.15, -0.1) is 0 Å². The van der Waals surface area contributed by atoms with Crippen LogP contribution in [0.15, 0.2) is 16.9 Å². The average molecular weight is 316 g/mol. The number of aryl methyl sites for hydroxylation is 1. The van der Waals surface area contributed by atoms with Crippen LogP contribution in [0.2, 0.25) is 0 Å². The fourth-order valence-corrected chi connectivity index (χ4v) is 3.22. The number of hydrogen-bond acceptors (Lipinski definition) is 6. The fraction of sp³-hybridized carbons (Fsp3) is 0.688. The molecule has 124 valence electrons. The number of likely N-dealkylation sites (tertiary alicyclic amines) is 1. The van der Waals surface area contributed by atoms with Crippen molar-refractivity contribution in [1.29, 1.82) is 0 Å². The van der Waals surface area contributed by atoms with E-state index in [0.717, 1.165) is 37.9 Å². The first-order valence-corrected chi connectivity index (χ1v) is 8.52. The molecule has 1 saturated carbocycles. The van der Waals surface area contributed by atoms with E-state index in [1.807, 2.05) is 17.9 Å². The lowest BCUT2D eigenvalue weighted by molar-refractivity contribution is 0.177. The highest BCUT2D eigenvalue weighted by molar-refractivity contribution is 5.04. The zero-order chi connectivity index (χ0) is 15.6. The molecule has 0 unspecified atom stereocenters. The summed E-state index contributed by atoms with van der Waals surface area (Å²) in [7, 11) is 1.95. The summed E-state index contributed by atoms with van der Waals surface area (Å²) in [4.78, 5) is 6.96. The lowest BCUT2D eigenvalue weighted by atomic mass is 10.1. The first-order valence-electron chi connectivity index (χ1n) is 8.52. The van der Waals surface area contributed by atoms with Crippen molar-refractivity contribution in [3.05, 3.63) is 29.7 Å². The Labute approximate surface area is 136 Å². The molecule has 0 bridgehead atoms. The minimum atomic E-state index is 0.513. The molecular formula is C16H24N6O. The lowest BCUT2D eigenvalue weighted by Crippen LogP contribution is -2.45. The van der Waals surface area contributed by atoms with Crippen LogP contribution in [0.1, 0.15) is 48.9 Å². The molecule has 2 aromatic rings. The predicted molar refractivity (Wildman–Crippen MR) is 84.6 cm³/mol. The zero-order valence-corrected chi connectivity index (χ0v) is 13.6. The second kappa shape index (κ2) is 6.41. The van der Waals surface area contributed by atoms with Gasteiger partial charge in [-0.2, -0.15) is 10.1 Å². The van der Waals surface area contributed by atoms with E-state index in [4.69, 9.17) is 4.52 Å². The summed E-state index contributed by atoms with van der Waals surface area (Å²) in [5, 5.41) is 12.0. The van der Waals surface area contributed by atoms with E-state index < -0.39 is 0 Å². The Bertz CT molecular complexity index is 647. The zero-order valence-electron chi connectivity index (χ0n) is 13.6. The standard InChI is InChI=1S/C16H24N6O/c1-21-9-12(8-18-21)7-17-14-3-2-6-22(10-14)11-15-19-16(23-20-15)13-4-5-13/h8-9,13-14,17H,2-7,10-11H2,1H3/t14-/m1/s1. The number of nitrogens with one attached hydrogen (secondary N) is 1. The van der Waals surface area contributed by atoms with Crippen LogP contribution in [0.4, 0.5) is 0 Å². The maximum absolute atomic E-state index is 5.35. The molecule has 23 heavy (non-hydrogen) atoms. The van der Waals surface area contributed by atoms with Crippen molar-refractivity contribution in [3.63, 3.8) is 0 Å². The Morgan fingerprint density at radius 2 is 2.26 bits per heavy atom. The quantitative estimate of drug-likeness (QED) is 0.869. The van der Waals surface area contributed by atoms with E-state index in [1.54, 1.807) is 0 Å². The van der Waals surface area contributed by atoms with E-state index in [9.17, 15) is 0 Å². The highest BCUT2D eigenvalue weighted by atomic mass is 16.5. The van der Waals surface area contributed by atoms with Crippen molar-refractivity contribution in [2.24, 2.45) is 7.05 Å². The molecular weight excluding hydrogens is 292 g/mol. The molecule has 1 N–H and O–H groups in total. The molecule has 1 atom stereocenters. The largest absolute Gasteiger partial charge is 0.339 e. The molecule has 4 rings (SSSR count). The van der Waals surface area contributed by atoms with E-state index in [0.29, 0.717) is 12.0 Å². The van der Waals surface area contributed by atoms with Crippen molar-refractivity contribution < 1.29 is 4.52 Å². The average Bonchev–Trinajstić information content (AvgIpc) is 3.16. The van der Waals surface area contributed by atoms with E-state index in [1.165, 1.54) is 31.2 Å². The summed E-state index contributed by atoms with van der Waals surface area (Å²) < 4.78 is 7.20. The number of nitrogens with zero attached hydrogens (tertiary/aromatic N) is 5. The summed E-state index contributed by atoms with van der Waals surface area (Å²) in [6, 6.07) is 0.513. The van der Waals surface area contributed by atoms with Crippen molar-refractivity contribution in [1.82, 2.24) is 30.1 Å². The topological polar surface area (TPSA) is 72.0 Å². The SMILES string of the molecule is Cn1cc(CN[C@@H]2CCCN(Cc3noc(C4CC4)n3)C2)cn1. The van der Waals surface area contributed by atoms with Gasteiger partial charge in [0.15, 0.2) is 5.82 Å². The molecule has 7 heteroatoms.